The first-order valence-electron chi connectivity index (χ1n) is 13.6. The Morgan fingerprint density at radius 1 is 0.972 bits per heavy atom. The van der Waals surface area contributed by atoms with Gasteiger partial charge in [0.1, 0.15) is 5.82 Å². The average Bonchev–Trinajstić information content (AvgIpc) is 3.55. The lowest BCUT2D eigenvalue weighted by atomic mass is 9.77. The summed E-state index contributed by atoms with van der Waals surface area (Å²) in [6.45, 7) is 4.07. The van der Waals surface area contributed by atoms with Crippen LogP contribution in [-0.4, -0.2) is 47.8 Å². The number of carbonyl (C=O) groups excluding carboxylic acids is 2. The van der Waals surface area contributed by atoms with Crippen LogP contribution in [0.25, 0.3) is 0 Å². The SMILES string of the molecule is O=C(N[C@@H](CCN1CCC2(CC1)CCN(Cc1ccc(F)cc1)C2=O)c1ccccc1)C1CCCC1. The highest BCUT2D eigenvalue weighted by molar-refractivity contribution is 5.85. The molecule has 2 aromatic rings. The lowest BCUT2D eigenvalue weighted by Crippen LogP contribution is -2.45. The number of benzene rings is 2. The summed E-state index contributed by atoms with van der Waals surface area (Å²) in [5.41, 5.74) is 1.90. The molecule has 1 saturated carbocycles. The van der Waals surface area contributed by atoms with Crippen molar-refractivity contribution < 1.29 is 14.0 Å². The monoisotopic (exact) mass is 491 g/mol. The van der Waals surface area contributed by atoms with Crippen LogP contribution in [0, 0.1) is 17.2 Å². The van der Waals surface area contributed by atoms with E-state index in [9.17, 15) is 14.0 Å². The van der Waals surface area contributed by atoms with Gasteiger partial charge in [0, 0.05) is 25.6 Å². The minimum atomic E-state index is -0.247. The van der Waals surface area contributed by atoms with Crippen LogP contribution in [-0.2, 0) is 16.1 Å². The third kappa shape index (κ3) is 5.64. The van der Waals surface area contributed by atoms with E-state index in [2.05, 4.69) is 22.3 Å². The topological polar surface area (TPSA) is 52.7 Å². The molecule has 2 aromatic carbocycles. The van der Waals surface area contributed by atoms with Gasteiger partial charge in [-0.05, 0) is 74.9 Å². The van der Waals surface area contributed by atoms with Gasteiger partial charge in [0.2, 0.25) is 11.8 Å². The Balaban J connectivity index is 1.14. The van der Waals surface area contributed by atoms with Gasteiger partial charge in [-0.25, -0.2) is 4.39 Å². The molecule has 2 amide bonds. The third-order valence-corrected chi connectivity index (χ3v) is 8.68. The van der Waals surface area contributed by atoms with Gasteiger partial charge >= 0.3 is 0 Å². The minimum Gasteiger partial charge on any atom is -0.349 e. The van der Waals surface area contributed by atoms with Crippen LogP contribution in [0.2, 0.25) is 0 Å². The molecule has 0 unspecified atom stereocenters. The molecule has 5 nitrogen and oxygen atoms in total. The Morgan fingerprint density at radius 3 is 2.33 bits per heavy atom. The quantitative estimate of drug-likeness (QED) is 0.561. The first-order valence-corrected chi connectivity index (χ1v) is 13.6. The van der Waals surface area contributed by atoms with E-state index in [-0.39, 0.29) is 35.0 Å². The third-order valence-electron chi connectivity index (χ3n) is 8.68. The maximum absolute atomic E-state index is 13.3. The van der Waals surface area contributed by atoms with Crippen LogP contribution < -0.4 is 5.32 Å². The fraction of sp³-hybridized carbons (Fsp3) is 0.533. The highest BCUT2D eigenvalue weighted by atomic mass is 19.1. The number of nitrogens with zero attached hydrogens (tertiary/aromatic N) is 2. The van der Waals surface area contributed by atoms with E-state index in [0.29, 0.717) is 6.54 Å². The fourth-order valence-electron chi connectivity index (χ4n) is 6.32. The number of amides is 2. The van der Waals surface area contributed by atoms with Gasteiger partial charge < -0.3 is 15.1 Å². The van der Waals surface area contributed by atoms with Crippen LogP contribution in [0.1, 0.15) is 68.5 Å². The number of piperidine rings is 1. The molecule has 36 heavy (non-hydrogen) atoms. The fourth-order valence-corrected chi connectivity index (χ4v) is 6.32. The number of hydrogen-bond donors (Lipinski definition) is 1. The first kappa shape index (κ1) is 24.9. The van der Waals surface area contributed by atoms with Crippen LogP contribution >= 0.6 is 0 Å². The number of carbonyl (C=O) groups is 2. The minimum absolute atomic E-state index is 0.0227. The van der Waals surface area contributed by atoms with Crippen molar-refractivity contribution in [1.29, 1.82) is 0 Å². The summed E-state index contributed by atoms with van der Waals surface area (Å²) in [5.74, 6) is 0.384. The summed E-state index contributed by atoms with van der Waals surface area (Å²) in [7, 11) is 0. The van der Waals surface area contributed by atoms with Crippen LogP contribution in [0.15, 0.2) is 54.6 Å². The summed E-state index contributed by atoms with van der Waals surface area (Å²) in [6, 6.07) is 16.8. The molecule has 2 saturated heterocycles. The molecule has 1 atom stereocenters. The highest BCUT2D eigenvalue weighted by Gasteiger charge is 2.47. The zero-order valence-electron chi connectivity index (χ0n) is 21.1. The number of rotatable bonds is 8. The van der Waals surface area contributed by atoms with E-state index >= 15 is 0 Å². The predicted molar refractivity (Wildman–Crippen MR) is 138 cm³/mol. The second-order valence-corrected chi connectivity index (χ2v) is 11.0. The Hall–Kier alpha value is -2.73. The van der Waals surface area contributed by atoms with Crippen molar-refractivity contribution in [2.75, 3.05) is 26.2 Å². The standard InChI is InChI=1S/C30H38FN3O2/c31-26-12-10-23(11-13-26)22-34-21-17-30(29(34)36)15-19-33(20-16-30)18-14-27(24-6-2-1-3-7-24)32-28(35)25-8-4-5-9-25/h1-3,6-7,10-13,25,27H,4-5,8-9,14-22H2,(H,32,35)/t27-/m0/s1. The number of nitrogens with one attached hydrogen (secondary N) is 1. The summed E-state index contributed by atoms with van der Waals surface area (Å²) < 4.78 is 13.2. The molecule has 192 valence electrons. The Labute approximate surface area is 214 Å². The van der Waals surface area contributed by atoms with E-state index < -0.39 is 0 Å². The van der Waals surface area contributed by atoms with Crippen molar-refractivity contribution in [3.8, 4) is 0 Å². The van der Waals surface area contributed by atoms with Crippen molar-refractivity contribution in [2.45, 2.75) is 64.0 Å². The molecule has 3 fully saturated rings. The molecule has 0 aromatic heterocycles. The van der Waals surface area contributed by atoms with Gasteiger partial charge in [-0.15, -0.1) is 0 Å². The number of likely N-dealkylation sites (tertiary alicyclic amines) is 2. The molecule has 1 aliphatic carbocycles. The Bertz CT molecular complexity index is 1030. The maximum atomic E-state index is 13.3. The van der Waals surface area contributed by atoms with Crippen molar-refractivity contribution in [3.63, 3.8) is 0 Å². The lowest BCUT2D eigenvalue weighted by molar-refractivity contribution is -0.139. The van der Waals surface area contributed by atoms with Crippen LogP contribution in [0.5, 0.6) is 0 Å². The average molecular weight is 492 g/mol. The highest BCUT2D eigenvalue weighted by Crippen LogP contribution is 2.42. The second kappa shape index (κ2) is 11.1. The molecule has 0 radical (unpaired) electrons. The molecular formula is C30H38FN3O2. The Kier molecular flexibility index (Phi) is 7.70. The normalized spacial score (nSPS) is 21.2. The molecule has 6 heteroatoms. The zero-order valence-corrected chi connectivity index (χ0v) is 21.1. The molecule has 1 N–H and O–H groups in total. The molecule has 0 bridgehead atoms. The molecule has 2 heterocycles. The second-order valence-electron chi connectivity index (χ2n) is 11.0. The predicted octanol–water partition coefficient (Wildman–Crippen LogP) is 5.08. The van der Waals surface area contributed by atoms with E-state index in [4.69, 9.17) is 0 Å². The van der Waals surface area contributed by atoms with E-state index in [1.165, 1.54) is 17.7 Å². The number of hydrogen-bond acceptors (Lipinski definition) is 3. The molecular weight excluding hydrogens is 453 g/mol. The van der Waals surface area contributed by atoms with Gasteiger partial charge in [0.05, 0.1) is 11.5 Å². The van der Waals surface area contributed by atoms with Crippen molar-refractivity contribution in [2.24, 2.45) is 11.3 Å². The number of halogens is 1. The molecule has 2 aliphatic heterocycles. The Morgan fingerprint density at radius 2 is 1.64 bits per heavy atom. The van der Waals surface area contributed by atoms with Gasteiger partial charge in [0.15, 0.2) is 0 Å². The molecule has 5 rings (SSSR count). The zero-order chi connectivity index (χ0) is 25.0. The largest absolute Gasteiger partial charge is 0.349 e. The summed E-state index contributed by atoms with van der Waals surface area (Å²) in [6.07, 6.45) is 7.88. The van der Waals surface area contributed by atoms with Crippen LogP contribution in [0.3, 0.4) is 0 Å². The summed E-state index contributed by atoms with van der Waals surface area (Å²) >= 11 is 0. The van der Waals surface area contributed by atoms with Crippen LogP contribution in [0.4, 0.5) is 4.39 Å². The summed E-state index contributed by atoms with van der Waals surface area (Å²) in [4.78, 5) is 30.6. The smallest absolute Gasteiger partial charge is 0.229 e. The molecule has 1 spiro atoms. The van der Waals surface area contributed by atoms with E-state index in [0.717, 1.165) is 83.1 Å². The molecule has 3 aliphatic rings. The van der Waals surface area contributed by atoms with Gasteiger partial charge in [0.25, 0.3) is 0 Å². The van der Waals surface area contributed by atoms with Crippen molar-refractivity contribution in [1.82, 2.24) is 15.1 Å². The summed E-state index contributed by atoms with van der Waals surface area (Å²) in [5, 5.41) is 3.35. The van der Waals surface area contributed by atoms with E-state index in [1.54, 1.807) is 12.1 Å². The first-order chi connectivity index (χ1) is 17.5. The van der Waals surface area contributed by atoms with E-state index in [1.807, 2.05) is 23.1 Å². The van der Waals surface area contributed by atoms with Crippen molar-refractivity contribution >= 4 is 11.8 Å². The van der Waals surface area contributed by atoms with Gasteiger partial charge in [-0.2, -0.15) is 0 Å². The van der Waals surface area contributed by atoms with Crippen molar-refractivity contribution in [3.05, 3.63) is 71.5 Å². The van der Waals surface area contributed by atoms with Gasteiger partial charge in [-0.3, -0.25) is 9.59 Å². The van der Waals surface area contributed by atoms with Gasteiger partial charge in [-0.1, -0.05) is 55.3 Å². The maximum Gasteiger partial charge on any atom is 0.229 e. The lowest BCUT2D eigenvalue weighted by Gasteiger charge is -2.38.